The lowest BCUT2D eigenvalue weighted by molar-refractivity contribution is 0.261. The van der Waals surface area contributed by atoms with Crippen LogP contribution in [-0.4, -0.2) is 16.6 Å². The third-order valence-corrected chi connectivity index (χ3v) is 2.01. The molecule has 0 atom stereocenters. The zero-order chi connectivity index (χ0) is 11.4. The minimum atomic E-state index is 0.370. The number of rotatable bonds is 4. The molecule has 0 aliphatic rings. The highest BCUT2D eigenvalue weighted by Gasteiger charge is 2.04. The van der Waals surface area contributed by atoms with E-state index in [0.717, 1.165) is 11.3 Å². The third kappa shape index (κ3) is 3.83. The number of aromatic nitrogens is 1. The van der Waals surface area contributed by atoms with Crippen LogP contribution in [-0.2, 0) is 0 Å². The number of ether oxygens (including phenoxy) is 1. The average Bonchev–Trinajstić information content (AvgIpc) is 2.13. The summed E-state index contributed by atoms with van der Waals surface area (Å²) in [6.45, 7) is 6.71. The summed E-state index contributed by atoms with van der Waals surface area (Å²) in [5.41, 5.74) is 7.22. The highest BCUT2D eigenvalue weighted by atomic mass is 32.1. The summed E-state index contributed by atoms with van der Waals surface area (Å²) >= 11 is 4.91. The molecule has 0 aliphatic carbocycles. The van der Waals surface area contributed by atoms with E-state index < -0.39 is 0 Å². The Balaban J connectivity index is 2.84. The lowest BCUT2D eigenvalue weighted by atomic mass is 10.2. The molecule has 0 aromatic carbocycles. The van der Waals surface area contributed by atoms with Crippen molar-refractivity contribution in [2.24, 2.45) is 11.7 Å². The van der Waals surface area contributed by atoms with E-state index in [9.17, 15) is 0 Å². The van der Waals surface area contributed by atoms with Crippen molar-refractivity contribution in [3.63, 3.8) is 0 Å². The zero-order valence-corrected chi connectivity index (χ0v) is 10.1. The maximum atomic E-state index is 5.56. The smallest absolute Gasteiger partial charge is 0.214 e. The van der Waals surface area contributed by atoms with Crippen LogP contribution < -0.4 is 10.5 Å². The van der Waals surface area contributed by atoms with Gasteiger partial charge in [0, 0.05) is 17.3 Å². The summed E-state index contributed by atoms with van der Waals surface area (Å²) in [6.07, 6.45) is 0. The Hall–Kier alpha value is -1.16. The van der Waals surface area contributed by atoms with Crippen LogP contribution in [0.1, 0.15) is 25.1 Å². The lowest BCUT2D eigenvalue weighted by Crippen LogP contribution is -2.12. The van der Waals surface area contributed by atoms with E-state index >= 15 is 0 Å². The van der Waals surface area contributed by atoms with E-state index in [-0.39, 0.29) is 0 Å². The van der Waals surface area contributed by atoms with Gasteiger partial charge in [-0.05, 0) is 18.9 Å². The molecule has 3 nitrogen and oxygen atoms in total. The number of nitrogens with two attached hydrogens (primary N) is 1. The van der Waals surface area contributed by atoms with Crippen LogP contribution in [0.25, 0.3) is 0 Å². The topological polar surface area (TPSA) is 48.1 Å². The van der Waals surface area contributed by atoms with Gasteiger partial charge in [-0.1, -0.05) is 26.1 Å². The Morgan fingerprint density at radius 3 is 2.73 bits per heavy atom. The van der Waals surface area contributed by atoms with Crippen LogP contribution in [0, 0.1) is 12.8 Å². The summed E-state index contributed by atoms with van der Waals surface area (Å²) < 4.78 is 5.51. The molecular formula is C11H16N2OS. The number of pyridine rings is 1. The molecule has 1 heterocycles. The fourth-order valence-electron chi connectivity index (χ4n) is 1.11. The van der Waals surface area contributed by atoms with Gasteiger partial charge < -0.3 is 10.5 Å². The summed E-state index contributed by atoms with van der Waals surface area (Å²) in [5.74, 6) is 1.06. The summed E-state index contributed by atoms with van der Waals surface area (Å²) in [4.78, 5) is 4.62. The van der Waals surface area contributed by atoms with Gasteiger partial charge in [-0.25, -0.2) is 4.98 Å². The normalized spacial score (nSPS) is 10.4. The molecule has 0 amide bonds. The largest absolute Gasteiger partial charge is 0.477 e. The second-order valence-corrected chi connectivity index (χ2v) is 4.34. The van der Waals surface area contributed by atoms with Crippen LogP contribution >= 0.6 is 12.2 Å². The molecule has 0 unspecified atom stereocenters. The maximum Gasteiger partial charge on any atom is 0.214 e. The number of nitrogens with zero attached hydrogens (tertiary/aromatic N) is 1. The maximum absolute atomic E-state index is 5.56. The van der Waals surface area contributed by atoms with Crippen LogP contribution in [0.3, 0.4) is 0 Å². The number of hydrogen-bond acceptors (Lipinski definition) is 3. The Bertz CT molecular complexity index is 364. The van der Waals surface area contributed by atoms with Gasteiger partial charge >= 0.3 is 0 Å². The van der Waals surface area contributed by atoms with Gasteiger partial charge in [0.1, 0.15) is 4.99 Å². The van der Waals surface area contributed by atoms with E-state index in [2.05, 4.69) is 18.8 Å². The molecule has 1 aromatic heterocycles. The summed E-state index contributed by atoms with van der Waals surface area (Å²) in [7, 11) is 0. The van der Waals surface area contributed by atoms with Gasteiger partial charge in [-0.3, -0.25) is 0 Å². The van der Waals surface area contributed by atoms with Gasteiger partial charge in [-0.15, -0.1) is 0 Å². The van der Waals surface area contributed by atoms with E-state index in [4.69, 9.17) is 22.7 Å². The fraction of sp³-hybridized carbons (Fsp3) is 0.455. The highest BCUT2D eigenvalue weighted by Crippen LogP contribution is 2.13. The molecule has 0 radical (unpaired) electrons. The van der Waals surface area contributed by atoms with Crippen molar-refractivity contribution in [1.82, 2.24) is 4.98 Å². The Morgan fingerprint density at radius 2 is 2.20 bits per heavy atom. The van der Waals surface area contributed by atoms with Gasteiger partial charge in [0.05, 0.1) is 6.61 Å². The molecule has 82 valence electrons. The second kappa shape index (κ2) is 5.07. The van der Waals surface area contributed by atoms with Crippen molar-refractivity contribution in [2.45, 2.75) is 20.8 Å². The first-order valence-corrected chi connectivity index (χ1v) is 5.31. The summed E-state index contributed by atoms with van der Waals surface area (Å²) in [6, 6.07) is 3.63. The fourth-order valence-corrected chi connectivity index (χ4v) is 1.22. The lowest BCUT2D eigenvalue weighted by Gasteiger charge is -2.09. The predicted octanol–water partition coefficient (Wildman–Crippen LogP) is 2.06. The van der Waals surface area contributed by atoms with E-state index in [1.54, 1.807) is 6.07 Å². The summed E-state index contributed by atoms with van der Waals surface area (Å²) in [5, 5.41) is 0. The molecule has 0 aliphatic heterocycles. The van der Waals surface area contributed by atoms with E-state index in [0.29, 0.717) is 23.4 Å². The molecule has 1 rings (SSSR count). The second-order valence-electron chi connectivity index (χ2n) is 3.90. The van der Waals surface area contributed by atoms with Crippen LogP contribution in [0.15, 0.2) is 12.1 Å². The van der Waals surface area contributed by atoms with Crippen molar-refractivity contribution in [2.75, 3.05) is 6.61 Å². The van der Waals surface area contributed by atoms with Crippen molar-refractivity contribution >= 4 is 17.2 Å². The van der Waals surface area contributed by atoms with E-state index in [1.165, 1.54) is 0 Å². The first-order valence-electron chi connectivity index (χ1n) is 4.90. The minimum Gasteiger partial charge on any atom is -0.477 e. The predicted molar refractivity (Wildman–Crippen MR) is 65.2 cm³/mol. The van der Waals surface area contributed by atoms with Gasteiger partial charge in [0.2, 0.25) is 5.88 Å². The van der Waals surface area contributed by atoms with E-state index in [1.807, 2.05) is 13.0 Å². The molecule has 0 saturated carbocycles. The highest BCUT2D eigenvalue weighted by molar-refractivity contribution is 7.80. The monoisotopic (exact) mass is 224 g/mol. The van der Waals surface area contributed by atoms with Gasteiger partial charge in [0.25, 0.3) is 0 Å². The minimum absolute atomic E-state index is 0.370. The van der Waals surface area contributed by atoms with Crippen molar-refractivity contribution < 1.29 is 4.74 Å². The molecule has 0 fully saturated rings. The quantitative estimate of drug-likeness (QED) is 0.795. The molecule has 0 saturated heterocycles. The molecule has 0 bridgehead atoms. The standard InChI is InChI=1S/C11H16N2OS/c1-7(2)6-14-10-5-9(11(12)15)4-8(3)13-10/h4-5,7H,6H2,1-3H3,(H2,12,15). The number of aryl methyl sites for hydroxylation is 1. The Labute approximate surface area is 95.7 Å². The van der Waals surface area contributed by atoms with Gasteiger partial charge in [-0.2, -0.15) is 0 Å². The number of hydrogen-bond donors (Lipinski definition) is 1. The van der Waals surface area contributed by atoms with Crippen molar-refractivity contribution in [3.8, 4) is 5.88 Å². The molecule has 4 heteroatoms. The molecule has 0 spiro atoms. The zero-order valence-electron chi connectivity index (χ0n) is 9.28. The SMILES string of the molecule is Cc1cc(C(N)=S)cc(OCC(C)C)n1. The van der Waals surface area contributed by atoms with Crippen LogP contribution in [0.2, 0.25) is 0 Å². The Kier molecular flexibility index (Phi) is 4.03. The first kappa shape index (κ1) is 11.9. The molecule has 1 aromatic rings. The number of thiocarbonyl (C=S) groups is 1. The average molecular weight is 224 g/mol. The third-order valence-electron chi connectivity index (χ3n) is 1.78. The van der Waals surface area contributed by atoms with Crippen LogP contribution in [0.5, 0.6) is 5.88 Å². The van der Waals surface area contributed by atoms with Crippen molar-refractivity contribution in [3.05, 3.63) is 23.4 Å². The van der Waals surface area contributed by atoms with Gasteiger partial charge in [0.15, 0.2) is 0 Å². The molecule has 15 heavy (non-hydrogen) atoms. The first-order chi connectivity index (χ1) is 6.99. The molecular weight excluding hydrogens is 208 g/mol. The molecule has 2 N–H and O–H groups in total. The Morgan fingerprint density at radius 1 is 1.53 bits per heavy atom. The van der Waals surface area contributed by atoms with Crippen molar-refractivity contribution in [1.29, 1.82) is 0 Å². The van der Waals surface area contributed by atoms with Crippen LogP contribution in [0.4, 0.5) is 0 Å².